The number of piperidine rings is 1. The summed E-state index contributed by atoms with van der Waals surface area (Å²) in [5, 5.41) is 0. The zero-order chi connectivity index (χ0) is 15.3. The van der Waals surface area contributed by atoms with E-state index in [1.54, 1.807) is 0 Å². The van der Waals surface area contributed by atoms with E-state index >= 15 is 0 Å². The first-order chi connectivity index (χ1) is 9.79. The van der Waals surface area contributed by atoms with E-state index < -0.39 is 23.5 Å². The molecule has 0 N–H and O–H groups in total. The van der Waals surface area contributed by atoms with Crippen LogP contribution in [-0.4, -0.2) is 48.1 Å². The van der Waals surface area contributed by atoms with Gasteiger partial charge in [0.25, 0.3) is 0 Å². The van der Waals surface area contributed by atoms with Crippen LogP contribution in [-0.2, 0) is 9.47 Å². The fraction of sp³-hybridized carbons (Fsp3) is 0.938. The molecule has 1 amide bonds. The lowest BCUT2D eigenvalue weighted by Gasteiger charge is -2.43. The maximum Gasteiger partial charge on any atom is 0.410 e. The average Bonchev–Trinajstić information content (AvgIpc) is 3.12. The smallest absolute Gasteiger partial charge is 0.410 e. The Morgan fingerprint density at radius 1 is 1.33 bits per heavy atom. The van der Waals surface area contributed by atoms with Gasteiger partial charge in [-0.05, 0) is 58.3 Å². The Bertz CT molecular complexity index is 408. The number of amides is 1. The zero-order valence-electron chi connectivity index (χ0n) is 13.2. The molecule has 1 saturated carbocycles. The van der Waals surface area contributed by atoms with E-state index in [1.807, 2.05) is 20.8 Å². The fourth-order valence-electron chi connectivity index (χ4n) is 3.51. The number of likely N-dealkylation sites (tertiary alicyclic amines) is 1. The minimum atomic E-state index is -1.11. The van der Waals surface area contributed by atoms with Crippen LogP contribution in [0.5, 0.6) is 0 Å². The Morgan fingerprint density at radius 2 is 2.10 bits per heavy atom. The third-order valence-electron chi connectivity index (χ3n) is 5.00. The number of carbonyl (C=O) groups excluding carboxylic acids is 1. The largest absolute Gasteiger partial charge is 0.444 e. The van der Waals surface area contributed by atoms with E-state index in [0.717, 1.165) is 18.8 Å². The maximum absolute atomic E-state index is 14.7. The van der Waals surface area contributed by atoms with Crippen LogP contribution < -0.4 is 0 Å². The van der Waals surface area contributed by atoms with Crippen molar-refractivity contribution in [2.45, 2.75) is 63.8 Å². The van der Waals surface area contributed by atoms with Crippen molar-refractivity contribution in [3.8, 4) is 0 Å². The average molecular weight is 299 g/mol. The predicted octanol–water partition coefficient (Wildman–Crippen LogP) is 3.15. The number of nitrogens with zero attached hydrogens (tertiary/aromatic N) is 1. The van der Waals surface area contributed by atoms with Crippen LogP contribution in [0, 0.1) is 11.8 Å². The Kier molecular flexibility index (Phi) is 3.67. The molecule has 0 bridgehead atoms. The van der Waals surface area contributed by atoms with Gasteiger partial charge in [0.15, 0.2) is 0 Å². The highest BCUT2D eigenvalue weighted by molar-refractivity contribution is 5.68. The standard InChI is InChI=1S/C16H26FNO3/c1-15(2,3)21-14(19)18-7-6-16(13(17)9-18)5-4-11-8-12(11)10-20-16/h11-13H,4-10H2,1-3H3/t11-,12-,13+,16-/m1/s1. The lowest BCUT2D eigenvalue weighted by atomic mass is 9.84. The molecule has 0 unspecified atom stereocenters. The molecule has 3 aliphatic rings. The van der Waals surface area contributed by atoms with Crippen LogP contribution in [0.4, 0.5) is 9.18 Å². The summed E-state index contributed by atoms with van der Waals surface area (Å²) in [6, 6.07) is 0. The van der Waals surface area contributed by atoms with Crippen molar-refractivity contribution in [2.24, 2.45) is 11.8 Å². The third kappa shape index (κ3) is 3.17. The Hall–Kier alpha value is -0.840. The third-order valence-corrected chi connectivity index (χ3v) is 5.00. The van der Waals surface area contributed by atoms with Gasteiger partial charge in [0.1, 0.15) is 17.4 Å². The van der Waals surface area contributed by atoms with Crippen LogP contribution in [0.15, 0.2) is 0 Å². The lowest BCUT2D eigenvalue weighted by Crippen LogP contribution is -2.56. The van der Waals surface area contributed by atoms with Crippen molar-refractivity contribution < 1.29 is 18.7 Å². The molecule has 5 heteroatoms. The molecule has 3 rings (SSSR count). The van der Waals surface area contributed by atoms with E-state index in [2.05, 4.69) is 0 Å². The van der Waals surface area contributed by atoms with Gasteiger partial charge in [-0.1, -0.05) is 0 Å². The summed E-state index contributed by atoms with van der Waals surface area (Å²) in [6.07, 6.45) is 2.14. The number of hydrogen-bond donors (Lipinski definition) is 0. The van der Waals surface area contributed by atoms with E-state index in [9.17, 15) is 9.18 Å². The summed E-state index contributed by atoms with van der Waals surface area (Å²) >= 11 is 0. The molecule has 0 aromatic rings. The van der Waals surface area contributed by atoms with Gasteiger partial charge in [-0.25, -0.2) is 9.18 Å². The second-order valence-electron chi connectivity index (χ2n) is 7.81. The van der Waals surface area contributed by atoms with E-state index in [4.69, 9.17) is 9.47 Å². The van der Waals surface area contributed by atoms with Gasteiger partial charge >= 0.3 is 6.09 Å². The van der Waals surface area contributed by atoms with Crippen LogP contribution in [0.25, 0.3) is 0 Å². The molecule has 2 aliphatic heterocycles. The number of carbonyl (C=O) groups is 1. The van der Waals surface area contributed by atoms with Crippen LogP contribution >= 0.6 is 0 Å². The van der Waals surface area contributed by atoms with E-state index in [1.165, 1.54) is 11.3 Å². The molecular formula is C16H26FNO3. The zero-order valence-corrected chi connectivity index (χ0v) is 13.2. The number of alkyl halides is 1. The van der Waals surface area contributed by atoms with Gasteiger partial charge in [-0.2, -0.15) is 0 Å². The molecule has 120 valence electrons. The summed E-state index contributed by atoms with van der Waals surface area (Å²) < 4.78 is 26.0. The summed E-state index contributed by atoms with van der Waals surface area (Å²) in [6.45, 7) is 6.77. The second-order valence-corrected chi connectivity index (χ2v) is 7.81. The summed E-state index contributed by atoms with van der Waals surface area (Å²) in [7, 11) is 0. The normalized spacial score (nSPS) is 39.6. The van der Waals surface area contributed by atoms with Crippen molar-refractivity contribution in [1.82, 2.24) is 4.90 Å². The number of ether oxygens (including phenoxy) is 2. The van der Waals surface area contributed by atoms with Crippen molar-refractivity contribution in [3.05, 3.63) is 0 Å². The lowest BCUT2D eigenvalue weighted by molar-refractivity contribution is -0.132. The molecule has 4 atom stereocenters. The molecule has 0 radical (unpaired) electrons. The number of fused-ring (bicyclic) bond motifs is 1. The first-order valence-electron chi connectivity index (χ1n) is 8.05. The topological polar surface area (TPSA) is 38.8 Å². The predicted molar refractivity (Wildman–Crippen MR) is 76.8 cm³/mol. The van der Waals surface area contributed by atoms with Gasteiger partial charge in [0, 0.05) is 6.54 Å². The van der Waals surface area contributed by atoms with Crippen molar-refractivity contribution in [2.75, 3.05) is 19.7 Å². The minimum absolute atomic E-state index is 0.0875. The summed E-state index contributed by atoms with van der Waals surface area (Å²) in [5.41, 5.74) is -1.20. The van der Waals surface area contributed by atoms with Gasteiger partial charge in [0.2, 0.25) is 0 Å². The quantitative estimate of drug-likeness (QED) is 0.690. The molecule has 3 fully saturated rings. The van der Waals surface area contributed by atoms with Gasteiger partial charge in [0.05, 0.1) is 13.2 Å². The monoisotopic (exact) mass is 299 g/mol. The second kappa shape index (κ2) is 5.11. The van der Waals surface area contributed by atoms with E-state index in [0.29, 0.717) is 25.5 Å². The van der Waals surface area contributed by atoms with E-state index in [-0.39, 0.29) is 6.54 Å². The highest BCUT2D eigenvalue weighted by Gasteiger charge is 2.51. The van der Waals surface area contributed by atoms with Gasteiger partial charge in [-0.15, -0.1) is 0 Å². The van der Waals surface area contributed by atoms with Crippen LogP contribution in [0.3, 0.4) is 0 Å². The van der Waals surface area contributed by atoms with Crippen molar-refractivity contribution in [1.29, 1.82) is 0 Å². The Morgan fingerprint density at radius 3 is 2.76 bits per heavy atom. The number of rotatable bonds is 0. The molecule has 1 aliphatic carbocycles. The van der Waals surface area contributed by atoms with Crippen LogP contribution in [0.2, 0.25) is 0 Å². The molecular weight excluding hydrogens is 273 g/mol. The summed E-state index contributed by atoms with van der Waals surface area (Å²) in [5.74, 6) is 1.40. The molecule has 1 spiro atoms. The van der Waals surface area contributed by atoms with Crippen LogP contribution in [0.1, 0.15) is 46.5 Å². The Labute approximate surface area is 126 Å². The maximum atomic E-state index is 14.7. The molecule has 0 aromatic heterocycles. The molecule has 4 nitrogen and oxygen atoms in total. The molecule has 2 heterocycles. The molecule has 2 saturated heterocycles. The van der Waals surface area contributed by atoms with Crippen molar-refractivity contribution >= 4 is 6.09 Å². The Balaban J connectivity index is 1.60. The van der Waals surface area contributed by atoms with Crippen molar-refractivity contribution in [3.63, 3.8) is 0 Å². The van der Waals surface area contributed by atoms with Gasteiger partial charge in [-0.3, -0.25) is 0 Å². The summed E-state index contributed by atoms with van der Waals surface area (Å²) in [4.78, 5) is 13.5. The molecule has 0 aromatic carbocycles. The molecule has 21 heavy (non-hydrogen) atoms. The number of hydrogen-bond acceptors (Lipinski definition) is 3. The highest BCUT2D eigenvalue weighted by atomic mass is 19.1. The minimum Gasteiger partial charge on any atom is -0.444 e. The number of halogens is 1. The SMILES string of the molecule is CC(C)(C)OC(=O)N1CC[C@]2(CC[C@@H]3C[C@@H]3CO2)[C@@H](F)C1. The highest BCUT2D eigenvalue weighted by Crippen LogP contribution is 2.49. The van der Waals surface area contributed by atoms with Gasteiger partial charge < -0.3 is 14.4 Å². The first-order valence-corrected chi connectivity index (χ1v) is 8.05. The first kappa shape index (κ1) is 15.1. The fourth-order valence-corrected chi connectivity index (χ4v) is 3.51.